The number of anilines is 1. The van der Waals surface area contributed by atoms with Crippen molar-refractivity contribution in [2.75, 3.05) is 40.2 Å². The molecule has 1 amide bonds. The number of rotatable bonds is 3. The molecule has 0 aromatic heterocycles. The van der Waals surface area contributed by atoms with Crippen molar-refractivity contribution in [3.05, 3.63) is 34.1 Å². The summed E-state index contributed by atoms with van der Waals surface area (Å²) < 4.78 is 4.51. The number of hydrogen-bond donors (Lipinski definition) is 5. The predicted molar refractivity (Wildman–Crippen MR) is 137 cm³/mol. The maximum atomic E-state index is 13.9. The van der Waals surface area contributed by atoms with Gasteiger partial charge in [-0.2, -0.15) is 0 Å². The molecule has 1 aromatic carbocycles. The molecule has 39 heavy (non-hydrogen) atoms. The van der Waals surface area contributed by atoms with E-state index in [1.54, 1.807) is 38.0 Å². The van der Waals surface area contributed by atoms with E-state index in [0.717, 1.165) is 7.11 Å². The van der Waals surface area contributed by atoms with Crippen molar-refractivity contribution in [3.8, 4) is 17.6 Å². The summed E-state index contributed by atoms with van der Waals surface area (Å²) in [7, 11) is 7.78. The van der Waals surface area contributed by atoms with Gasteiger partial charge in [-0.05, 0) is 44.5 Å². The third kappa shape index (κ3) is 4.05. The topological polar surface area (TPSA) is 191 Å². The number of ketones is 2. The fourth-order valence-electron chi connectivity index (χ4n) is 6.32. The Morgan fingerprint density at radius 2 is 1.82 bits per heavy atom. The number of methoxy groups -OCH3 is 1. The van der Waals surface area contributed by atoms with Gasteiger partial charge in [0.15, 0.2) is 17.2 Å². The van der Waals surface area contributed by atoms with E-state index >= 15 is 0 Å². The summed E-state index contributed by atoms with van der Waals surface area (Å²) in [5.41, 5.74) is 3.22. The molecule has 1 fully saturated rings. The number of likely N-dealkylation sites (N-methyl/N-ethyl adjacent to an activating group) is 1. The number of carbonyl (C=O) groups is 4. The van der Waals surface area contributed by atoms with E-state index in [9.17, 15) is 39.6 Å². The maximum Gasteiger partial charge on any atom is 0.384 e. The number of Topliss-reactive ketones (excluding diaryl/α,β-unsaturated/α-hetero) is 2. The van der Waals surface area contributed by atoms with Crippen LogP contribution in [0, 0.1) is 29.6 Å². The van der Waals surface area contributed by atoms with Crippen LogP contribution in [0.4, 0.5) is 5.69 Å². The van der Waals surface area contributed by atoms with E-state index in [1.807, 2.05) is 0 Å². The number of fused-ring (bicyclic) bond motifs is 3. The van der Waals surface area contributed by atoms with Crippen molar-refractivity contribution in [2.45, 2.75) is 30.6 Å². The fraction of sp³-hybridized carbons (Fsp3) is 0.481. The van der Waals surface area contributed by atoms with Crippen LogP contribution in [-0.4, -0.2) is 102 Å². The molecular formula is C27H31N3O9. The lowest BCUT2D eigenvalue weighted by molar-refractivity contribution is -0.178. The summed E-state index contributed by atoms with van der Waals surface area (Å²) in [5, 5.41) is 45.2. The SMILES string of the molecule is COC(=O)C#Cc1cc(N(C)C)c2c(c1O)C(=O)C1=C(O)[C@]3(O)C(=O)C(C(N)=O)C(O)C(N(C)C)[C@@H]3C[C@@H]1C2. The molecule has 0 spiro atoms. The molecule has 0 radical (unpaired) electrons. The summed E-state index contributed by atoms with van der Waals surface area (Å²) >= 11 is 0. The van der Waals surface area contributed by atoms with Crippen LogP contribution in [0.5, 0.6) is 5.75 Å². The maximum absolute atomic E-state index is 13.9. The van der Waals surface area contributed by atoms with Gasteiger partial charge in [0, 0.05) is 43.2 Å². The smallest absolute Gasteiger partial charge is 0.384 e. The lowest BCUT2D eigenvalue weighted by atomic mass is 9.56. The van der Waals surface area contributed by atoms with Crippen molar-refractivity contribution >= 4 is 29.1 Å². The summed E-state index contributed by atoms with van der Waals surface area (Å²) in [6.07, 6.45) is -1.40. The van der Waals surface area contributed by atoms with Crippen LogP contribution in [0.3, 0.4) is 0 Å². The highest BCUT2D eigenvalue weighted by Crippen LogP contribution is 2.53. The average molecular weight is 542 g/mol. The monoisotopic (exact) mass is 541 g/mol. The molecular weight excluding hydrogens is 510 g/mol. The largest absolute Gasteiger partial charge is 0.508 e. The molecule has 0 saturated heterocycles. The minimum atomic E-state index is -2.67. The summed E-state index contributed by atoms with van der Waals surface area (Å²) in [4.78, 5) is 54.3. The highest BCUT2D eigenvalue weighted by Gasteiger charge is 2.66. The van der Waals surface area contributed by atoms with Crippen LogP contribution in [0.15, 0.2) is 17.4 Å². The van der Waals surface area contributed by atoms with E-state index in [1.165, 1.54) is 6.07 Å². The molecule has 6 N–H and O–H groups in total. The number of aliphatic hydroxyl groups excluding tert-OH is 2. The highest BCUT2D eigenvalue weighted by atomic mass is 16.5. The van der Waals surface area contributed by atoms with Gasteiger partial charge >= 0.3 is 5.97 Å². The third-order valence-electron chi connectivity index (χ3n) is 8.04. The number of allylic oxidation sites excluding steroid dienone is 1. The zero-order valence-corrected chi connectivity index (χ0v) is 22.2. The molecule has 12 heteroatoms. The van der Waals surface area contributed by atoms with Gasteiger partial charge in [0.25, 0.3) is 0 Å². The first-order valence-electron chi connectivity index (χ1n) is 12.2. The van der Waals surface area contributed by atoms with Gasteiger partial charge in [0.2, 0.25) is 5.91 Å². The van der Waals surface area contributed by atoms with Gasteiger partial charge in [-0.15, -0.1) is 0 Å². The number of amides is 1. The number of phenolic OH excluding ortho intramolecular Hbond substituents is 1. The van der Waals surface area contributed by atoms with Crippen LogP contribution in [0.2, 0.25) is 0 Å². The number of aliphatic hydroxyl groups is 3. The highest BCUT2D eigenvalue weighted by molar-refractivity contribution is 6.16. The number of benzene rings is 1. The lowest BCUT2D eigenvalue weighted by Crippen LogP contribution is -2.71. The summed E-state index contributed by atoms with van der Waals surface area (Å²) in [6, 6.07) is 0.571. The van der Waals surface area contributed by atoms with Gasteiger partial charge in [-0.3, -0.25) is 14.4 Å². The Morgan fingerprint density at radius 3 is 2.36 bits per heavy atom. The molecule has 4 rings (SSSR count). The van der Waals surface area contributed by atoms with Gasteiger partial charge in [-0.25, -0.2) is 4.79 Å². The van der Waals surface area contributed by atoms with Gasteiger partial charge in [0.05, 0.1) is 24.3 Å². The van der Waals surface area contributed by atoms with E-state index < -0.39 is 70.5 Å². The molecule has 0 heterocycles. The molecule has 12 nitrogen and oxygen atoms in total. The summed E-state index contributed by atoms with van der Waals surface area (Å²) in [5.74, 6) is -4.39. The van der Waals surface area contributed by atoms with Crippen LogP contribution in [0.25, 0.3) is 0 Å². The Bertz CT molecular complexity index is 1390. The van der Waals surface area contributed by atoms with Crippen molar-refractivity contribution in [2.24, 2.45) is 23.5 Å². The number of nitrogens with two attached hydrogens (primary N) is 1. The molecule has 3 aliphatic carbocycles. The van der Waals surface area contributed by atoms with Crippen LogP contribution < -0.4 is 10.6 Å². The molecule has 0 bridgehead atoms. The lowest BCUT2D eigenvalue weighted by Gasteiger charge is -2.53. The van der Waals surface area contributed by atoms with Crippen molar-refractivity contribution in [3.63, 3.8) is 0 Å². The second-order valence-electron chi connectivity index (χ2n) is 10.6. The van der Waals surface area contributed by atoms with Crippen molar-refractivity contribution in [1.82, 2.24) is 4.90 Å². The molecule has 1 aromatic rings. The number of primary amides is 1. The van der Waals surface area contributed by atoms with Crippen LogP contribution >= 0.6 is 0 Å². The fourth-order valence-corrected chi connectivity index (χ4v) is 6.32. The molecule has 3 unspecified atom stereocenters. The second kappa shape index (κ2) is 9.68. The Hall–Kier alpha value is -3.92. The van der Waals surface area contributed by atoms with Gasteiger partial charge in [-0.1, -0.05) is 5.92 Å². The average Bonchev–Trinajstić information content (AvgIpc) is 2.84. The third-order valence-corrected chi connectivity index (χ3v) is 8.04. The molecule has 3 aliphatic rings. The van der Waals surface area contributed by atoms with Crippen molar-refractivity contribution in [1.29, 1.82) is 0 Å². The number of phenols is 1. The number of nitrogens with zero attached hydrogens (tertiary/aromatic N) is 2. The second-order valence-corrected chi connectivity index (χ2v) is 10.6. The standard InChI is InChI=1S/C27H31N3O9/c1-29(2)15-10-11(6-7-16(31)39-5)21(32)18-13(15)8-12-9-14-20(30(3)4)23(34)19(26(28)37)25(36)27(14,38)24(35)17(12)22(18)33/h10,12,14,19-20,23,32,34-35,38H,8-9H2,1-5H3,(H2,28,37)/t12-,14-,19?,20?,23?,27-/m0/s1. The number of hydrogen-bond acceptors (Lipinski definition) is 11. The number of aromatic hydroxyl groups is 1. The number of ether oxygens (including phenoxy) is 1. The van der Waals surface area contributed by atoms with E-state index in [2.05, 4.69) is 16.6 Å². The Labute approximate surface area is 224 Å². The zero-order chi connectivity index (χ0) is 29.1. The van der Waals surface area contributed by atoms with E-state index in [0.29, 0.717) is 11.3 Å². The van der Waals surface area contributed by atoms with Gasteiger partial charge in [0.1, 0.15) is 17.4 Å². The van der Waals surface area contributed by atoms with E-state index in [-0.39, 0.29) is 29.5 Å². The quantitative estimate of drug-likeness (QED) is 0.177. The molecule has 0 aliphatic heterocycles. The first kappa shape index (κ1) is 28.1. The number of esters is 1. The minimum Gasteiger partial charge on any atom is -0.508 e. The van der Waals surface area contributed by atoms with Crippen LogP contribution in [-0.2, 0) is 25.5 Å². The minimum absolute atomic E-state index is 0.00965. The Morgan fingerprint density at radius 1 is 1.18 bits per heavy atom. The molecule has 6 atom stereocenters. The van der Waals surface area contributed by atoms with E-state index in [4.69, 9.17) is 5.73 Å². The predicted octanol–water partition coefficient (Wildman–Crippen LogP) is -1.12. The molecule has 208 valence electrons. The van der Waals surface area contributed by atoms with Crippen LogP contribution in [0.1, 0.15) is 27.9 Å². The Kier molecular flexibility index (Phi) is 6.97. The molecule has 1 saturated carbocycles. The number of carbonyl (C=O) groups excluding carboxylic acids is 4. The first-order chi connectivity index (χ1) is 18.2. The first-order valence-corrected chi connectivity index (χ1v) is 12.2. The van der Waals surface area contributed by atoms with Crippen molar-refractivity contribution < 1.29 is 44.3 Å². The Balaban J connectivity index is 1.96. The van der Waals surface area contributed by atoms with Gasteiger partial charge < -0.3 is 40.7 Å². The zero-order valence-electron chi connectivity index (χ0n) is 22.2. The summed E-state index contributed by atoms with van der Waals surface area (Å²) in [6.45, 7) is 0. The normalized spacial score (nSPS) is 29.6.